The summed E-state index contributed by atoms with van der Waals surface area (Å²) in [4.78, 5) is 45.7. The van der Waals surface area contributed by atoms with Crippen LogP contribution in [0.25, 0.3) is 0 Å². The van der Waals surface area contributed by atoms with Gasteiger partial charge in [0.1, 0.15) is 13.2 Å². The Labute approximate surface area is 183 Å². The normalized spacial score (nSPS) is 17.9. The number of nitrogens with zero attached hydrogens (tertiary/aromatic N) is 2. The molecule has 3 rings (SSSR count). The molecule has 0 radical (unpaired) electrons. The van der Waals surface area contributed by atoms with Gasteiger partial charge in [-0.1, -0.05) is 12.8 Å². The molecule has 0 aliphatic heterocycles. The summed E-state index contributed by atoms with van der Waals surface area (Å²) in [6.45, 7) is -0.0875. The number of esters is 2. The second-order valence-corrected chi connectivity index (χ2v) is 7.56. The molecule has 0 aromatic heterocycles. The lowest BCUT2D eigenvalue weighted by Gasteiger charge is -2.28. The van der Waals surface area contributed by atoms with Gasteiger partial charge in [-0.15, -0.1) is 0 Å². The van der Waals surface area contributed by atoms with Gasteiger partial charge in [-0.05, 0) is 48.2 Å². The topological polar surface area (TPSA) is 139 Å². The highest BCUT2D eigenvalue weighted by Crippen LogP contribution is 2.32. The van der Waals surface area contributed by atoms with Crippen molar-refractivity contribution in [1.82, 2.24) is 0 Å². The maximum absolute atomic E-state index is 12.6. The second-order valence-electron chi connectivity index (χ2n) is 7.56. The Balaban J connectivity index is 1.55. The van der Waals surface area contributed by atoms with Gasteiger partial charge in [-0.2, -0.15) is 0 Å². The van der Waals surface area contributed by atoms with Crippen molar-refractivity contribution in [3.63, 3.8) is 0 Å². The van der Waals surface area contributed by atoms with Crippen LogP contribution in [0.4, 0.5) is 11.4 Å². The summed E-state index contributed by atoms with van der Waals surface area (Å²) < 4.78 is 10.7. The fourth-order valence-corrected chi connectivity index (χ4v) is 3.65. The second kappa shape index (κ2) is 10.5. The molecule has 0 saturated heterocycles. The first-order valence-corrected chi connectivity index (χ1v) is 10.1. The number of rotatable bonds is 8. The third-order valence-corrected chi connectivity index (χ3v) is 5.43. The van der Waals surface area contributed by atoms with Crippen LogP contribution in [0.15, 0.2) is 48.5 Å². The van der Waals surface area contributed by atoms with Gasteiger partial charge in [-0.25, -0.2) is 0 Å². The molecule has 0 amide bonds. The van der Waals surface area contributed by atoms with Gasteiger partial charge in [0.25, 0.3) is 11.4 Å². The minimum atomic E-state index is -0.619. The van der Waals surface area contributed by atoms with Crippen molar-refractivity contribution in [1.29, 1.82) is 0 Å². The van der Waals surface area contributed by atoms with Crippen LogP contribution in [0.3, 0.4) is 0 Å². The zero-order valence-corrected chi connectivity index (χ0v) is 17.2. The van der Waals surface area contributed by atoms with Gasteiger partial charge in [0.15, 0.2) is 0 Å². The average molecular weight is 442 g/mol. The third kappa shape index (κ3) is 5.87. The van der Waals surface area contributed by atoms with Crippen molar-refractivity contribution in [3.05, 3.63) is 79.9 Å². The molecule has 32 heavy (non-hydrogen) atoms. The van der Waals surface area contributed by atoms with Crippen LogP contribution in [0.1, 0.15) is 36.8 Å². The molecule has 1 saturated carbocycles. The van der Waals surface area contributed by atoms with E-state index in [4.69, 9.17) is 9.47 Å². The molecule has 2 aromatic carbocycles. The van der Waals surface area contributed by atoms with E-state index in [1.165, 1.54) is 48.5 Å². The molecule has 1 fully saturated rings. The van der Waals surface area contributed by atoms with Crippen LogP contribution >= 0.6 is 0 Å². The zero-order chi connectivity index (χ0) is 23.1. The smallest absolute Gasteiger partial charge is 0.310 e. The van der Waals surface area contributed by atoms with E-state index in [0.29, 0.717) is 24.0 Å². The monoisotopic (exact) mass is 442 g/mol. The molecular formula is C22H22N2O8. The summed E-state index contributed by atoms with van der Waals surface area (Å²) >= 11 is 0. The van der Waals surface area contributed by atoms with E-state index >= 15 is 0 Å². The summed E-state index contributed by atoms with van der Waals surface area (Å²) in [6.07, 6.45) is 2.61. The summed E-state index contributed by atoms with van der Waals surface area (Å²) in [5, 5.41) is 21.4. The molecule has 1 aliphatic rings. The van der Waals surface area contributed by atoms with E-state index in [1.54, 1.807) is 0 Å². The Bertz CT molecular complexity index is 906. The van der Waals surface area contributed by atoms with Crippen molar-refractivity contribution in [3.8, 4) is 0 Å². The maximum Gasteiger partial charge on any atom is 0.310 e. The highest BCUT2D eigenvalue weighted by atomic mass is 16.6. The molecular weight excluding hydrogens is 420 g/mol. The van der Waals surface area contributed by atoms with E-state index in [9.17, 15) is 29.8 Å². The fraction of sp³-hybridized carbons (Fsp3) is 0.364. The van der Waals surface area contributed by atoms with Crippen molar-refractivity contribution in [2.24, 2.45) is 11.8 Å². The average Bonchev–Trinajstić information content (AvgIpc) is 2.81. The molecule has 0 heterocycles. The largest absolute Gasteiger partial charge is 0.461 e. The Kier molecular flexibility index (Phi) is 7.48. The van der Waals surface area contributed by atoms with Crippen molar-refractivity contribution >= 4 is 23.3 Å². The highest BCUT2D eigenvalue weighted by molar-refractivity contribution is 5.82. The number of nitro benzene ring substituents is 2. The molecule has 168 valence electrons. The number of hydrogen-bond acceptors (Lipinski definition) is 8. The Morgan fingerprint density at radius 3 is 1.38 bits per heavy atom. The van der Waals surface area contributed by atoms with E-state index in [-0.39, 0.29) is 24.6 Å². The third-order valence-electron chi connectivity index (χ3n) is 5.43. The standard InChI is InChI=1S/C22H22N2O8/c25-21(31-13-15-5-9-17(10-6-15)23(27)28)19-3-1-2-4-20(19)22(26)32-14-16-7-11-18(12-8-16)24(29)30/h5-12,19-20H,1-4,13-14H2. The molecule has 10 nitrogen and oxygen atoms in total. The first kappa shape index (κ1) is 22.9. The molecule has 0 N–H and O–H groups in total. The lowest BCUT2D eigenvalue weighted by molar-refractivity contribution is -0.385. The van der Waals surface area contributed by atoms with Crippen molar-refractivity contribution in [2.45, 2.75) is 38.9 Å². The number of non-ortho nitro benzene ring substituents is 2. The van der Waals surface area contributed by atoms with Crippen LogP contribution < -0.4 is 0 Å². The lowest BCUT2D eigenvalue weighted by Crippen LogP contribution is -2.35. The SMILES string of the molecule is O=C(OCc1ccc([N+](=O)[O-])cc1)C1CCCCC1C(=O)OCc1ccc([N+](=O)[O-])cc1. The summed E-state index contributed by atoms with van der Waals surface area (Å²) in [5.41, 5.74) is 1.11. The van der Waals surface area contributed by atoms with Crippen LogP contribution in [0, 0.1) is 32.1 Å². The van der Waals surface area contributed by atoms with Crippen molar-refractivity contribution in [2.75, 3.05) is 0 Å². The number of nitro groups is 2. The van der Waals surface area contributed by atoms with Gasteiger partial charge in [-0.3, -0.25) is 29.8 Å². The molecule has 2 atom stereocenters. The Morgan fingerprint density at radius 1 is 0.719 bits per heavy atom. The van der Waals surface area contributed by atoms with Crippen LogP contribution in [0.5, 0.6) is 0 Å². The fourth-order valence-electron chi connectivity index (χ4n) is 3.65. The molecule has 0 bridgehead atoms. The van der Waals surface area contributed by atoms with Gasteiger partial charge in [0.05, 0.1) is 21.7 Å². The van der Waals surface area contributed by atoms with Gasteiger partial charge < -0.3 is 9.47 Å². The Hall–Kier alpha value is -3.82. The molecule has 2 aromatic rings. The minimum absolute atomic E-state index is 0.0438. The number of carbonyl (C=O) groups is 2. The maximum atomic E-state index is 12.6. The molecule has 1 aliphatic carbocycles. The first-order chi connectivity index (χ1) is 15.3. The van der Waals surface area contributed by atoms with E-state index in [2.05, 4.69) is 0 Å². The zero-order valence-electron chi connectivity index (χ0n) is 17.2. The highest BCUT2D eigenvalue weighted by Gasteiger charge is 2.38. The van der Waals surface area contributed by atoms with Crippen LogP contribution in [-0.4, -0.2) is 21.8 Å². The lowest BCUT2D eigenvalue weighted by atomic mass is 9.79. The van der Waals surface area contributed by atoms with Crippen molar-refractivity contribution < 1.29 is 28.9 Å². The number of hydrogen-bond donors (Lipinski definition) is 0. The number of ether oxygens (including phenoxy) is 2. The van der Waals surface area contributed by atoms with E-state index < -0.39 is 33.6 Å². The number of benzene rings is 2. The minimum Gasteiger partial charge on any atom is -0.461 e. The molecule has 0 spiro atoms. The van der Waals surface area contributed by atoms with Gasteiger partial charge in [0, 0.05) is 24.3 Å². The quantitative estimate of drug-likeness (QED) is 0.338. The first-order valence-electron chi connectivity index (χ1n) is 10.1. The molecule has 10 heteroatoms. The number of carbonyl (C=O) groups excluding carboxylic acids is 2. The summed E-state index contributed by atoms with van der Waals surface area (Å²) in [6, 6.07) is 11.4. The van der Waals surface area contributed by atoms with E-state index in [1.807, 2.05) is 0 Å². The van der Waals surface area contributed by atoms with Gasteiger partial charge in [0.2, 0.25) is 0 Å². The van der Waals surface area contributed by atoms with E-state index in [0.717, 1.165) is 12.8 Å². The summed E-state index contributed by atoms with van der Waals surface area (Å²) in [5.74, 6) is -2.24. The Morgan fingerprint density at radius 2 is 1.06 bits per heavy atom. The predicted molar refractivity (Wildman–Crippen MR) is 111 cm³/mol. The predicted octanol–water partition coefficient (Wildman–Crippen LogP) is 4.10. The van der Waals surface area contributed by atoms with Crippen LogP contribution in [-0.2, 0) is 32.3 Å². The van der Waals surface area contributed by atoms with Gasteiger partial charge >= 0.3 is 11.9 Å². The van der Waals surface area contributed by atoms with Crippen LogP contribution in [0.2, 0.25) is 0 Å². The summed E-state index contributed by atoms with van der Waals surface area (Å²) in [7, 11) is 0. The molecule has 2 unspecified atom stereocenters.